The topological polar surface area (TPSA) is 86.8 Å². The molecule has 3 rings (SSSR count). The van der Waals surface area contributed by atoms with Gasteiger partial charge in [-0.2, -0.15) is 0 Å². The van der Waals surface area contributed by atoms with E-state index in [1.807, 2.05) is 6.92 Å². The van der Waals surface area contributed by atoms with Gasteiger partial charge in [-0.25, -0.2) is 9.69 Å². The fraction of sp³-hybridized carbons (Fsp3) is 0.444. The number of halogens is 2. The normalized spacial score (nSPS) is 23.1. The van der Waals surface area contributed by atoms with Crippen molar-refractivity contribution in [3.8, 4) is 0 Å². The minimum absolute atomic E-state index is 0.121. The van der Waals surface area contributed by atoms with Crippen LogP contribution in [0.1, 0.15) is 32.6 Å². The van der Waals surface area contributed by atoms with Crippen LogP contribution < -0.4 is 5.32 Å². The molecule has 9 heteroatoms. The van der Waals surface area contributed by atoms with Crippen LogP contribution in [-0.2, 0) is 14.4 Å². The number of carbonyl (C=O) groups excluding carboxylic acids is 4. The molecule has 0 aromatic heterocycles. The van der Waals surface area contributed by atoms with Crippen LogP contribution in [0, 0.1) is 5.92 Å². The lowest BCUT2D eigenvalue weighted by atomic mass is 9.85. The highest BCUT2D eigenvalue weighted by Gasteiger charge is 2.49. The lowest BCUT2D eigenvalue weighted by molar-refractivity contribution is -0.145. The van der Waals surface area contributed by atoms with Crippen molar-refractivity contribution in [2.45, 2.75) is 38.6 Å². The second-order valence-electron chi connectivity index (χ2n) is 6.82. The molecule has 1 saturated carbocycles. The van der Waals surface area contributed by atoms with Crippen LogP contribution in [-0.4, -0.2) is 46.1 Å². The highest BCUT2D eigenvalue weighted by molar-refractivity contribution is 6.45. The van der Waals surface area contributed by atoms with Gasteiger partial charge >= 0.3 is 17.8 Å². The number of imide groups is 2. The van der Waals surface area contributed by atoms with Crippen LogP contribution in [0.25, 0.3) is 0 Å². The Kier molecular flexibility index (Phi) is 5.72. The predicted octanol–water partition coefficient (Wildman–Crippen LogP) is 3.30. The number of hydrogen-bond donors (Lipinski definition) is 1. The second kappa shape index (κ2) is 7.86. The summed E-state index contributed by atoms with van der Waals surface area (Å²) in [4.78, 5) is 51.3. The van der Waals surface area contributed by atoms with Crippen molar-refractivity contribution in [1.29, 1.82) is 0 Å². The molecule has 0 unspecified atom stereocenters. The first-order chi connectivity index (χ1) is 12.8. The summed E-state index contributed by atoms with van der Waals surface area (Å²) in [6.07, 6.45) is 3.49. The summed E-state index contributed by atoms with van der Waals surface area (Å²) in [5, 5.41) is 2.94. The Bertz CT molecular complexity index is 794. The molecular formula is C18H19Cl2N3O4. The molecule has 1 aromatic rings. The number of benzene rings is 1. The van der Waals surface area contributed by atoms with E-state index >= 15 is 0 Å². The van der Waals surface area contributed by atoms with E-state index in [0.717, 1.165) is 24.2 Å². The third-order valence-electron chi connectivity index (χ3n) is 5.01. The summed E-state index contributed by atoms with van der Waals surface area (Å²) in [7, 11) is 0. The molecular weight excluding hydrogens is 393 g/mol. The fourth-order valence-electron chi connectivity index (χ4n) is 3.57. The van der Waals surface area contributed by atoms with Gasteiger partial charge in [0.15, 0.2) is 0 Å². The Morgan fingerprint density at radius 3 is 2.37 bits per heavy atom. The standard InChI is InChI=1S/C18H19Cl2N3O4/c1-10-5-2-3-8-13(10)23-17(26)16(25)22(18(23)27)9-14(24)21-15-11(19)6-4-7-12(15)20/h4,6-7,10,13H,2-3,5,8-9H2,1H3,(H,21,24)/t10-,13+/m1/s1. The van der Waals surface area contributed by atoms with Gasteiger partial charge < -0.3 is 5.32 Å². The van der Waals surface area contributed by atoms with E-state index in [1.165, 1.54) is 0 Å². The van der Waals surface area contributed by atoms with E-state index in [-0.39, 0.29) is 27.7 Å². The quantitative estimate of drug-likeness (QED) is 0.607. The van der Waals surface area contributed by atoms with E-state index in [4.69, 9.17) is 23.2 Å². The maximum absolute atomic E-state index is 12.7. The molecule has 144 valence electrons. The molecule has 2 atom stereocenters. The summed E-state index contributed by atoms with van der Waals surface area (Å²) in [6.45, 7) is 1.38. The Morgan fingerprint density at radius 2 is 1.74 bits per heavy atom. The molecule has 5 amide bonds. The second-order valence-corrected chi connectivity index (χ2v) is 7.64. The molecule has 0 bridgehead atoms. The SMILES string of the molecule is C[C@@H]1CCCC[C@@H]1N1C(=O)C(=O)N(CC(=O)Nc2c(Cl)cccc2Cl)C1=O. The van der Waals surface area contributed by atoms with E-state index in [2.05, 4.69) is 5.32 Å². The summed E-state index contributed by atoms with van der Waals surface area (Å²) >= 11 is 12.0. The van der Waals surface area contributed by atoms with Crippen molar-refractivity contribution < 1.29 is 19.2 Å². The highest BCUT2D eigenvalue weighted by atomic mass is 35.5. The van der Waals surface area contributed by atoms with E-state index in [1.54, 1.807) is 18.2 Å². The van der Waals surface area contributed by atoms with E-state index < -0.39 is 30.3 Å². The van der Waals surface area contributed by atoms with Crippen molar-refractivity contribution in [2.75, 3.05) is 11.9 Å². The number of rotatable bonds is 4. The van der Waals surface area contributed by atoms with Crippen LogP contribution in [0.15, 0.2) is 18.2 Å². The Hall–Kier alpha value is -2.12. The summed E-state index contributed by atoms with van der Waals surface area (Å²) in [5.74, 6) is -2.41. The third kappa shape index (κ3) is 3.80. The lowest BCUT2D eigenvalue weighted by Crippen LogP contribution is -2.46. The number of nitrogens with zero attached hydrogens (tertiary/aromatic N) is 2. The zero-order valence-electron chi connectivity index (χ0n) is 14.7. The highest BCUT2D eigenvalue weighted by Crippen LogP contribution is 2.32. The predicted molar refractivity (Wildman–Crippen MR) is 100 cm³/mol. The van der Waals surface area contributed by atoms with Crippen LogP contribution in [0.2, 0.25) is 10.0 Å². The molecule has 1 aliphatic heterocycles. The zero-order valence-corrected chi connectivity index (χ0v) is 16.2. The van der Waals surface area contributed by atoms with Crippen molar-refractivity contribution in [2.24, 2.45) is 5.92 Å². The number of anilines is 1. The summed E-state index contributed by atoms with van der Waals surface area (Å²) in [5.41, 5.74) is 0.189. The maximum Gasteiger partial charge on any atom is 0.334 e. The lowest BCUT2D eigenvalue weighted by Gasteiger charge is -2.34. The van der Waals surface area contributed by atoms with Gasteiger partial charge in [-0.15, -0.1) is 0 Å². The number of hydrogen-bond acceptors (Lipinski definition) is 4. The number of urea groups is 1. The van der Waals surface area contributed by atoms with Gasteiger partial charge in [0.2, 0.25) is 5.91 Å². The molecule has 2 aliphatic rings. The Morgan fingerprint density at radius 1 is 1.11 bits per heavy atom. The molecule has 27 heavy (non-hydrogen) atoms. The number of carbonyl (C=O) groups is 4. The first kappa shape index (κ1) is 19.6. The molecule has 1 N–H and O–H groups in total. The van der Waals surface area contributed by atoms with Crippen molar-refractivity contribution >= 4 is 52.6 Å². The number of amides is 5. The molecule has 1 saturated heterocycles. The largest absolute Gasteiger partial charge is 0.334 e. The van der Waals surface area contributed by atoms with Gasteiger partial charge in [-0.1, -0.05) is 49.0 Å². The van der Waals surface area contributed by atoms with Crippen LogP contribution in [0.4, 0.5) is 10.5 Å². The van der Waals surface area contributed by atoms with Gasteiger partial charge in [-0.05, 0) is 30.9 Å². The van der Waals surface area contributed by atoms with Gasteiger partial charge in [0.25, 0.3) is 0 Å². The molecule has 1 heterocycles. The van der Waals surface area contributed by atoms with Crippen LogP contribution >= 0.6 is 23.2 Å². The van der Waals surface area contributed by atoms with E-state index in [0.29, 0.717) is 11.3 Å². The molecule has 0 spiro atoms. The molecule has 1 aromatic carbocycles. The Balaban J connectivity index is 1.73. The molecule has 0 radical (unpaired) electrons. The average molecular weight is 412 g/mol. The first-order valence-corrected chi connectivity index (χ1v) is 9.49. The zero-order chi connectivity index (χ0) is 19.7. The number of para-hydroxylation sites is 1. The third-order valence-corrected chi connectivity index (χ3v) is 5.64. The van der Waals surface area contributed by atoms with Gasteiger partial charge in [0, 0.05) is 6.04 Å². The molecule has 2 fully saturated rings. The average Bonchev–Trinajstić information content (AvgIpc) is 2.83. The van der Waals surface area contributed by atoms with Gasteiger partial charge in [0.1, 0.15) is 6.54 Å². The van der Waals surface area contributed by atoms with Gasteiger partial charge in [-0.3, -0.25) is 19.3 Å². The fourth-order valence-corrected chi connectivity index (χ4v) is 4.07. The molecule has 1 aliphatic carbocycles. The minimum atomic E-state index is -0.988. The van der Waals surface area contributed by atoms with Crippen LogP contribution in [0.5, 0.6) is 0 Å². The van der Waals surface area contributed by atoms with Crippen LogP contribution in [0.3, 0.4) is 0 Å². The Labute approximate surface area is 166 Å². The van der Waals surface area contributed by atoms with E-state index in [9.17, 15) is 19.2 Å². The maximum atomic E-state index is 12.7. The summed E-state index contributed by atoms with van der Waals surface area (Å²) < 4.78 is 0. The smallest absolute Gasteiger partial charge is 0.322 e. The summed E-state index contributed by atoms with van der Waals surface area (Å²) in [6, 6.07) is 3.66. The van der Waals surface area contributed by atoms with Crippen molar-refractivity contribution in [3.63, 3.8) is 0 Å². The minimum Gasteiger partial charge on any atom is -0.322 e. The van der Waals surface area contributed by atoms with Crippen molar-refractivity contribution in [1.82, 2.24) is 9.80 Å². The number of nitrogens with one attached hydrogen (secondary N) is 1. The van der Waals surface area contributed by atoms with Crippen molar-refractivity contribution in [3.05, 3.63) is 28.2 Å². The monoisotopic (exact) mass is 411 g/mol. The van der Waals surface area contributed by atoms with Gasteiger partial charge in [0.05, 0.1) is 15.7 Å². The molecule has 7 nitrogen and oxygen atoms in total. The first-order valence-electron chi connectivity index (χ1n) is 8.74.